The topological polar surface area (TPSA) is 103 Å². The van der Waals surface area contributed by atoms with Crippen LogP contribution in [0.15, 0.2) is 23.1 Å². The second-order valence-corrected chi connectivity index (χ2v) is 8.99. The first-order valence-electron chi connectivity index (χ1n) is 9.67. The van der Waals surface area contributed by atoms with Gasteiger partial charge >= 0.3 is 0 Å². The van der Waals surface area contributed by atoms with Crippen molar-refractivity contribution in [1.82, 2.24) is 4.72 Å². The molecule has 0 aliphatic rings. The summed E-state index contributed by atoms with van der Waals surface area (Å²) >= 11 is 0. The van der Waals surface area contributed by atoms with Crippen molar-refractivity contribution >= 4 is 21.6 Å². The summed E-state index contributed by atoms with van der Waals surface area (Å²) in [5, 5.41) is 2.69. The Bertz CT molecular complexity index is 1040. The first-order valence-corrected chi connectivity index (χ1v) is 11.2. The van der Waals surface area contributed by atoms with Gasteiger partial charge in [-0.25, -0.2) is 8.42 Å². The predicted molar refractivity (Wildman–Crippen MR) is 120 cm³/mol. The zero-order valence-corrected chi connectivity index (χ0v) is 20.0. The first-order chi connectivity index (χ1) is 14.5. The van der Waals surface area contributed by atoms with Gasteiger partial charge in [-0.3, -0.25) is 4.79 Å². The molecule has 170 valence electrons. The van der Waals surface area contributed by atoms with Gasteiger partial charge in [-0.2, -0.15) is 4.72 Å². The summed E-state index contributed by atoms with van der Waals surface area (Å²) in [7, 11) is 0.492. The van der Waals surface area contributed by atoms with Crippen LogP contribution in [0.25, 0.3) is 0 Å². The van der Waals surface area contributed by atoms with E-state index in [4.69, 9.17) is 14.2 Å². The number of amides is 1. The molecule has 0 fully saturated rings. The molecule has 0 aliphatic heterocycles. The number of nitrogens with one attached hydrogen (secondary N) is 2. The highest BCUT2D eigenvalue weighted by molar-refractivity contribution is 7.89. The molecule has 0 heterocycles. The third-order valence-electron chi connectivity index (χ3n) is 5.22. The number of anilines is 1. The van der Waals surface area contributed by atoms with Crippen LogP contribution in [-0.2, 0) is 14.8 Å². The van der Waals surface area contributed by atoms with Crippen molar-refractivity contribution in [2.45, 2.75) is 45.6 Å². The Kier molecular flexibility index (Phi) is 7.56. The van der Waals surface area contributed by atoms with Crippen LogP contribution in [0.3, 0.4) is 0 Å². The van der Waals surface area contributed by atoms with Gasteiger partial charge in [0.15, 0.2) is 11.5 Å². The molecule has 2 rings (SSSR count). The fraction of sp³-hybridized carbons (Fsp3) is 0.409. The standard InChI is InChI=1S/C22H30N2O6S/c1-12-9-13(2)15(4)21(14(12)3)31(26,27)24-16(5)22(25)23-17-10-18(28-6)20(30-8)19(11-17)29-7/h9-11,16,24H,1-8H3,(H,23,25)/t16-/m0/s1. The number of carbonyl (C=O) groups excluding carboxylic acids is 1. The highest BCUT2D eigenvalue weighted by atomic mass is 32.2. The number of rotatable bonds is 8. The molecule has 8 nitrogen and oxygen atoms in total. The second kappa shape index (κ2) is 9.57. The zero-order chi connectivity index (χ0) is 23.5. The quantitative estimate of drug-likeness (QED) is 0.640. The van der Waals surface area contributed by atoms with Crippen molar-refractivity contribution in [3.8, 4) is 17.2 Å². The highest BCUT2D eigenvalue weighted by Crippen LogP contribution is 2.40. The number of ether oxygens (including phenoxy) is 3. The molecule has 0 bridgehead atoms. The van der Waals surface area contributed by atoms with E-state index in [0.29, 0.717) is 34.1 Å². The minimum atomic E-state index is -3.92. The van der Waals surface area contributed by atoms with Crippen LogP contribution < -0.4 is 24.2 Å². The van der Waals surface area contributed by atoms with Crippen LogP contribution >= 0.6 is 0 Å². The van der Waals surface area contributed by atoms with Gasteiger partial charge in [-0.15, -0.1) is 0 Å². The Morgan fingerprint density at radius 2 is 1.35 bits per heavy atom. The van der Waals surface area contributed by atoms with Crippen LogP contribution in [0.1, 0.15) is 29.2 Å². The van der Waals surface area contributed by atoms with Crippen molar-refractivity contribution in [3.05, 3.63) is 40.5 Å². The molecule has 2 aromatic rings. The van der Waals surface area contributed by atoms with Crippen molar-refractivity contribution < 1.29 is 27.4 Å². The fourth-order valence-corrected chi connectivity index (χ4v) is 5.15. The zero-order valence-electron chi connectivity index (χ0n) is 19.2. The summed E-state index contributed by atoms with van der Waals surface area (Å²) in [5.41, 5.74) is 3.45. The van der Waals surface area contributed by atoms with Crippen molar-refractivity contribution in [2.75, 3.05) is 26.6 Å². The molecule has 0 spiro atoms. The number of hydrogen-bond donors (Lipinski definition) is 2. The van der Waals surface area contributed by atoms with Gasteiger partial charge in [0.25, 0.3) is 0 Å². The molecule has 31 heavy (non-hydrogen) atoms. The van der Waals surface area contributed by atoms with Crippen molar-refractivity contribution in [3.63, 3.8) is 0 Å². The fourth-order valence-electron chi connectivity index (χ4n) is 3.33. The first kappa shape index (κ1) is 24.5. The maximum atomic E-state index is 13.1. The largest absolute Gasteiger partial charge is 0.493 e. The van der Waals surface area contributed by atoms with Crippen LogP contribution in [0.2, 0.25) is 0 Å². The molecule has 2 aromatic carbocycles. The summed E-state index contributed by atoms with van der Waals surface area (Å²) in [4.78, 5) is 12.9. The molecule has 0 unspecified atom stereocenters. The normalized spacial score (nSPS) is 12.3. The average Bonchev–Trinajstić information content (AvgIpc) is 2.70. The molecule has 0 saturated heterocycles. The molecule has 0 aliphatic carbocycles. The van der Waals surface area contributed by atoms with Gasteiger partial charge in [-0.1, -0.05) is 6.07 Å². The second-order valence-electron chi connectivity index (χ2n) is 7.34. The van der Waals surface area contributed by atoms with E-state index in [-0.39, 0.29) is 4.90 Å². The number of aryl methyl sites for hydroxylation is 2. The van der Waals surface area contributed by atoms with Crippen LogP contribution in [0.4, 0.5) is 5.69 Å². The Labute approximate surface area is 184 Å². The van der Waals surface area contributed by atoms with E-state index < -0.39 is 22.0 Å². The van der Waals surface area contributed by atoms with E-state index in [1.807, 2.05) is 19.9 Å². The Morgan fingerprint density at radius 1 is 0.871 bits per heavy atom. The van der Waals surface area contributed by atoms with Crippen molar-refractivity contribution in [2.24, 2.45) is 0 Å². The van der Waals surface area contributed by atoms with E-state index in [9.17, 15) is 13.2 Å². The number of carbonyl (C=O) groups is 1. The maximum Gasteiger partial charge on any atom is 0.242 e. The molecular formula is C22H30N2O6S. The number of hydrogen-bond acceptors (Lipinski definition) is 6. The summed E-state index contributed by atoms with van der Waals surface area (Å²) in [6.45, 7) is 8.73. The lowest BCUT2D eigenvalue weighted by Crippen LogP contribution is -2.42. The van der Waals surface area contributed by atoms with E-state index in [1.54, 1.807) is 26.0 Å². The van der Waals surface area contributed by atoms with Gasteiger partial charge in [-0.05, 0) is 56.9 Å². The van der Waals surface area contributed by atoms with Gasteiger partial charge in [0.2, 0.25) is 21.7 Å². The molecule has 2 N–H and O–H groups in total. The molecule has 0 aromatic heterocycles. The minimum absolute atomic E-state index is 0.206. The summed E-state index contributed by atoms with van der Waals surface area (Å²) < 4.78 is 44.5. The molecule has 0 saturated carbocycles. The Balaban J connectivity index is 2.30. The molecule has 1 atom stereocenters. The third-order valence-corrected chi connectivity index (χ3v) is 7.04. The van der Waals surface area contributed by atoms with Crippen LogP contribution in [0, 0.1) is 27.7 Å². The molecular weight excluding hydrogens is 420 g/mol. The van der Waals surface area contributed by atoms with Gasteiger partial charge in [0, 0.05) is 17.8 Å². The lowest BCUT2D eigenvalue weighted by Gasteiger charge is -2.20. The number of methoxy groups -OCH3 is 3. The minimum Gasteiger partial charge on any atom is -0.493 e. The SMILES string of the molecule is COc1cc(NC(=O)[C@H](C)NS(=O)(=O)c2c(C)c(C)cc(C)c2C)cc(OC)c1OC. The monoisotopic (exact) mass is 450 g/mol. The average molecular weight is 451 g/mol. The molecule has 1 amide bonds. The van der Waals surface area contributed by atoms with Crippen LogP contribution in [0.5, 0.6) is 17.2 Å². The number of benzene rings is 2. The van der Waals surface area contributed by atoms with Crippen molar-refractivity contribution in [1.29, 1.82) is 0 Å². The van der Waals surface area contributed by atoms with Gasteiger partial charge < -0.3 is 19.5 Å². The van der Waals surface area contributed by atoms with E-state index in [1.165, 1.54) is 28.3 Å². The van der Waals surface area contributed by atoms with E-state index >= 15 is 0 Å². The maximum absolute atomic E-state index is 13.1. The lowest BCUT2D eigenvalue weighted by molar-refractivity contribution is -0.117. The van der Waals surface area contributed by atoms with Crippen LogP contribution in [-0.4, -0.2) is 41.7 Å². The Morgan fingerprint density at radius 3 is 1.77 bits per heavy atom. The van der Waals surface area contributed by atoms with E-state index in [0.717, 1.165) is 11.1 Å². The molecule has 9 heteroatoms. The van der Waals surface area contributed by atoms with E-state index in [2.05, 4.69) is 10.0 Å². The predicted octanol–water partition coefficient (Wildman–Crippen LogP) is 3.25. The molecule has 0 radical (unpaired) electrons. The number of sulfonamides is 1. The summed E-state index contributed by atoms with van der Waals surface area (Å²) in [6.07, 6.45) is 0. The van der Waals surface area contributed by atoms with Gasteiger partial charge in [0.1, 0.15) is 0 Å². The van der Waals surface area contributed by atoms with Gasteiger partial charge in [0.05, 0.1) is 32.3 Å². The Hall–Kier alpha value is -2.78. The smallest absolute Gasteiger partial charge is 0.242 e. The highest BCUT2D eigenvalue weighted by Gasteiger charge is 2.27. The third kappa shape index (κ3) is 5.11. The lowest BCUT2D eigenvalue weighted by atomic mass is 10.0. The summed E-state index contributed by atoms with van der Waals surface area (Å²) in [6, 6.07) is 4.06. The summed E-state index contributed by atoms with van der Waals surface area (Å²) in [5.74, 6) is 0.591.